The largest absolute Gasteiger partial charge is 0.369 e. The molecule has 0 atom stereocenters. The van der Waals surface area contributed by atoms with Crippen LogP contribution in [-0.4, -0.2) is 40.6 Å². The van der Waals surface area contributed by atoms with Crippen LogP contribution in [0.2, 0.25) is 0 Å². The van der Waals surface area contributed by atoms with Crippen molar-refractivity contribution >= 4 is 5.82 Å². The van der Waals surface area contributed by atoms with E-state index in [0.29, 0.717) is 24.7 Å². The first-order valence-electron chi connectivity index (χ1n) is 8.54. The lowest BCUT2D eigenvalue weighted by atomic mass is 10.2. The van der Waals surface area contributed by atoms with Crippen LogP contribution < -0.4 is 11.0 Å². The van der Waals surface area contributed by atoms with Crippen LogP contribution in [0.3, 0.4) is 0 Å². The number of hydrogen-bond acceptors (Lipinski definition) is 6. The van der Waals surface area contributed by atoms with Gasteiger partial charge in [-0.05, 0) is 25.3 Å². The van der Waals surface area contributed by atoms with E-state index < -0.39 is 0 Å². The lowest BCUT2D eigenvalue weighted by Crippen LogP contribution is -2.27. The monoisotopic (exact) mass is 340 g/mol. The first kappa shape index (κ1) is 15.6. The molecule has 3 aromatic heterocycles. The van der Waals surface area contributed by atoms with Gasteiger partial charge in [-0.2, -0.15) is 10.2 Å². The summed E-state index contributed by atoms with van der Waals surface area (Å²) in [4.78, 5) is 20.9. The van der Waals surface area contributed by atoms with Gasteiger partial charge in [0.25, 0.3) is 0 Å². The fraction of sp³-hybridized carbons (Fsp3) is 0.438. The van der Waals surface area contributed by atoms with Crippen molar-refractivity contribution in [1.29, 1.82) is 0 Å². The Bertz CT molecular complexity index is 895. The normalized spacial score (nSPS) is 13.6. The van der Waals surface area contributed by atoms with Crippen molar-refractivity contribution < 1.29 is 0 Å². The third kappa shape index (κ3) is 3.30. The minimum atomic E-state index is 0.00942. The molecule has 0 bridgehead atoms. The molecule has 0 saturated carbocycles. The standard InChI is InChI=1S/C16H20N8O/c25-16-22-8-2-1-5-14(22)21-24(16)10-3-6-18-13-11-17-12-15(20-13)23-9-4-7-19-23/h4,7,9,11-12H,1-3,5-6,8,10H2,(H,18,20). The Morgan fingerprint density at radius 3 is 3.04 bits per heavy atom. The predicted octanol–water partition coefficient (Wildman–Crippen LogP) is 0.859. The summed E-state index contributed by atoms with van der Waals surface area (Å²) in [6, 6.07) is 1.84. The average molecular weight is 340 g/mol. The molecule has 0 radical (unpaired) electrons. The zero-order chi connectivity index (χ0) is 17.1. The maximum absolute atomic E-state index is 12.3. The van der Waals surface area contributed by atoms with Crippen molar-refractivity contribution in [2.24, 2.45) is 0 Å². The van der Waals surface area contributed by atoms with Gasteiger partial charge in [0.1, 0.15) is 11.6 Å². The number of anilines is 1. The average Bonchev–Trinajstić information content (AvgIpc) is 3.28. The number of rotatable bonds is 6. The Hall–Kier alpha value is -2.97. The van der Waals surface area contributed by atoms with Gasteiger partial charge in [-0.1, -0.05) is 0 Å². The Morgan fingerprint density at radius 1 is 1.24 bits per heavy atom. The van der Waals surface area contributed by atoms with E-state index in [2.05, 4.69) is 25.5 Å². The van der Waals surface area contributed by atoms with E-state index in [9.17, 15) is 4.79 Å². The minimum absolute atomic E-state index is 0.00942. The van der Waals surface area contributed by atoms with E-state index in [-0.39, 0.29) is 5.69 Å². The third-order valence-corrected chi connectivity index (χ3v) is 4.25. The van der Waals surface area contributed by atoms with Crippen molar-refractivity contribution in [2.45, 2.75) is 38.8 Å². The zero-order valence-corrected chi connectivity index (χ0v) is 13.9. The molecule has 130 valence electrons. The number of hydrogen-bond donors (Lipinski definition) is 1. The number of nitrogens with one attached hydrogen (secondary N) is 1. The molecule has 9 nitrogen and oxygen atoms in total. The van der Waals surface area contributed by atoms with E-state index in [1.807, 2.05) is 12.3 Å². The van der Waals surface area contributed by atoms with Crippen LogP contribution in [0, 0.1) is 0 Å². The SMILES string of the molecule is O=c1n(CCCNc2cncc(-n3cccn3)n2)nc2n1CCCC2. The third-order valence-electron chi connectivity index (χ3n) is 4.25. The summed E-state index contributed by atoms with van der Waals surface area (Å²) in [5, 5.41) is 11.8. The predicted molar refractivity (Wildman–Crippen MR) is 91.7 cm³/mol. The van der Waals surface area contributed by atoms with Gasteiger partial charge in [0.2, 0.25) is 0 Å². The fourth-order valence-corrected chi connectivity index (χ4v) is 3.00. The highest BCUT2D eigenvalue weighted by Crippen LogP contribution is 2.09. The summed E-state index contributed by atoms with van der Waals surface area (Å²) < 4.78 is 5.04. The summed E-state index contributed by atoms with van der Waals surface area (Å²) in [7, 11) is 0. The van der Waals surface area contributed by atoms with Gasteiger partial charge in [-0.15, -0.1) is 0 Å². The molecule has 0 aromatic carbocycles. The van der Waals surface area contributed by atoms with Gasteiger partial charge in [0.05, 0.1) is 12.4 Å². The smallest absolute Gasteiger partial charge is 0.345 e. The number of nitrogens with zero attached hydrogens (tertiary/aromatic N) is 7. The highest BCUT2D eigenvalue weighted by atomic mass is 16.2. The topological polar surface area (TPSA) is 95.5 Å². The molecule has 1 aliphatic rings. The van der Waals surface area contributed by atoms with Gasteiger partial charge in [-0.25, -0.2) is 19.1 Å². The molecule has 0 amide bonds. The molecule has 4 heterocycles. The van der Waals surface area contributed by atoms with Gasteiger partial charge in [0.15, 0.2) is 5.82 Å². The Kier molecular flexibility index (Phi) is 4.28. The lowest BCUT2D eigenvalue weighted by Gasteiger charge is -2.09. The van der Waals surface area contributed by atoms with Crippen LogP contribution in [0.25, 0.3) is 5.82 Å². The van der Waals surface area contributed by atoms with Crippen LogP contribution in [0.5, 0.6) is 0 Å². The highest BCUT2D eigenvalue weighted by molar-refractivity contribution is 5.35. The van der Waals surface area contributed by atoms with Crippen molar-refractivity contribution in [3.05, 3.63) is 47.2 Å². The molecule has 4 rings (SSSR count). The molecule has 0 unspecified atom stereocenters. The molecule has 0 saturated heterocycles. The molecular formula is C16H20N8O. The molecule has 9 heteroatoms. The second kappa shape index (κ2) is 6.88. The molecule has 1 N–H and O–H groups in total. The second-order valence-corrected chi connectivity index (χ2v) is 6.02. The van der Waals surface area contributed by atoms with Gasteiger partial charge in [0, 0.05) is 38.4 Å². The number of fused-ring (bicyclic) bond motifs is 1. The Morgan fingerprint density at radius 2 is 2.20 bits per heavy atom. The summed E-state index contributed by atoms with van der Waals surface area (Å²) in [6.45, 7) is 2.08. The molecule has 25 heavy (non-hydrogen) atoms. The van der Waals surface area contributed by atoms with Crippen molar-refractivity contribution in [1.82, 2.24) is 34.1 Å². The first-order chi connectivity index (χ1) is 12.3. The molecule has 3 aromatic rings. The van der Waals surface area contributed by atoms with Crippen LogP contribution in [0.4, 0.5) is 5.82 Å². The maximum Gasteiger partial charge on any atom is 0.345 e. The van der Waals surface area contributed by atoms with Gasteiger partial charge >= 0.3 is 5.69 Å². The lowest BCUT2D eigenvalue weighted by molar-refractivity contribution is 0.510. The van der Waals surface area contributed by atoms with Gasteiger partial charge < -0.3 is 5.32 Å². The number of aromatic nitrogens is 7. The zero-order valence-electron chi connectivity index (χ0n) is 13.9. The second-order valence-electron chi connectivity index (χ2n) is 6.02. The van der Waals surface area contributed by atoms with E-state index in [4.69, 9.17) is 0 Å². The first-order valence-corrected chi connectivity index (χ1v) is 8.54. The van der Waals surface area contributed by atoms with Crippen LogP contribution >= 0.6 is 0 Å². The van der Waals surface area contributed by atoms with Crippen LogP contribution in [-0.2, 0) is 19.5 Å². The summed E-state index contributed by atoms with van der Waals surface area (Å²) in [5.41, 5.74) is 0.00942. The van der Waals surface area contributed by atoms with Gasteiger partial charge in [-0.3, -0.25) is 9.55 Å². The summed E-state index contributed by atoms with van der Waals surface area (Å²) >= 11 is 0. The van der Waals surface area contributed by atoms with Crippen LogP contribution in [0.1, 0.15) is 25.1 Å². The Balaban J connectivity index is 1.34. The molecule has 0 fully saturated rings. The highest BCUT2D eigenvalue weighted by Gasteiger charge is 2.16. The molecule has 0 spiro atoms. The van der Waals surface area contributed by atoms with E-state index >= 15 is 0 Å². The van der Waals surface area contributed by atoms with Crippen LogP contribution in [0.15, 0.2) is 35.6 Å². The molecule has 1 aliphatic heterocycles. The fourth-order valence-electron chi connectivity index (χ4n) is 3.00. The minimum Gasteiger partial charge on any atom is -0.369 e. The van der Waals surface area contributed by atoms with Crippen molar-refractivity contribution in [2.75, 3.05) is 11.9 Å². The maximum atomic E-state index is 12.3. The van der Waals surface area contributed by atoms with E-state index in [1.165, 1.54) is 0 Å². The van der Waals surface area contributed by atoms with E-state index in [0.717, 1.165) is 38.1 Å². The summed E-state index contributed by atoms with van der Waals surface area (Å²) in [6.07, 6.45) is 10.7. The molecule has 0 aliphatic carbocycles. The quantitative estimate of drug-likeness (QED) is 0.669. The molecular weight excluding hydrogens is 320 g/mol. The summed E-state index contributed by atoms with van der Waals surface area (Å²) in [5.74, 6) is 2.26. The van der Waals surface area contributed by atoms with Crippen molar-refractivity contribution in [3.8, 4) is 5.82 Å². The number of aryl methyl sites for hydroxylation is 2. The Labute approximate surface area is 144 Å². The van der Waals surface area contributed by atoms with E-state index in [1.54, 1.807) is 32.5 Å². The van der Waals surface area contributed by atoms with Crippen molar-refractivity contribution in [3.63, 3.8) is 0 Å².